The molecule has 0 atom stereocenters. The van der Waals surface area contributed by atoms with Gasteiger partial charge in [0.05, 0.1) is 12.3 Å². The summed E-state index contributed by atoms with van der Waals surface area (Å²) in [7, 11) is 0. The molecule has 80 valence electrons. The number of aliphatic hydroxyl groups excluding tert-OH is 1. The highest BCUT2D eigenvalue weighted by Crippen LogP contribution is 2.23. The molecule has 2 rings (SSSR count). The maximum absolute atomic E-state index is 9.33. The Labute approximate surface area is 93.1 Å². The summed E-state index contributed by atoms with van der Waals surface area (Å²) in [6, 6.07) is 5.86. The van der Waals surface area contributed by atoms with E-state index in [2.05, 4.69) is 11.9 Å². The third-order valence-electron chi connectivity index (χ3n) is 2.18. The summed E-state index contributed by atoms with van der Waals surface area (Å²) < 4.78 is 1.94. The minimum Gasteiger partial charge on any atom is -0.390 e. The van der Waals surface area contributed by atoms with Crippen LogP contribution in [0.25, 0.3) is 5.65 Å². The van der Waals surface area contributed by atoms with E-state index in [9.17, 15) is 5.11 Å². The number of hydrogen-bond acceptors (Lipinski definition) is 3. The van der Waals surface area contributed by atoms with Gasteiger partial charge in [-0.05, 0) is 24.3 Å². The zero-order chi connectivity index (χ0) is 10.7. The minimum atomic E-state index is 0.0389. The van der Waals surface area contributed by atoms with Crippen molar-refractivity contribution in [2.75, 3.05) is 5.75 Å². The van der Waals surface area contributed by atoms with E-state index in [1.807, 2.05) is 28.8 Å². The number of aromatic nitrogens is 2. The standard InChI is InChI=1S/C11H14N2OS/c1-2-7-15-11-9(8-14)13-6-4-3-5-10(13)12-11/h3-6,14H,2,7-8H2,1H3. The zero-order valence-electron chi connectivity index (χ0n) is 8.68. The topological polar surface area (TPSA) is 37.5 Å². The summed E-state index contributed by atoms with van der Waals surface area (Å²) in [6.45, 7) is 2.18. The molecule has 4 heteroatoms. The van der Waals surface area contributed by atoms with Gasteiger partial charge in [-0.15, -0.1) is 11.8 Å². The van der Waals surface area contributed by atoms with Crippen LogP contribution >= 0.6 is 11.8 Å². The molecule has 2 aromatic heterocycles. The fourth-order valence-corrected chi connectivity index (χ4v) is 2.37. The van der Waals surface area contributed by atoms with E-state index < -0.39 is 0 Å². The Morgan fingerprint density at radius 2 is 2.33 bits per heavy atom. The molecule has 0 spiro atoms. The second-order valence-corrected chi connectivity index (χ2v) is 4.38. The Bertz CT molecular complexity index is 453. The number of imidazole rings is 1. The van der Waals surface area contributed by atoms with E-state index in [1.54, 1.807) is 11.8 Å². The van der Waals surface area contributed by atoms with Gasteiger partial charge in [0, 0.05) is 6.20 Å². The highest BCUT2D eigenvalue weighted by Gasteiger charge is 2.10. The van der Waals surface area contributed by atoms with Crippen molar-refractivity contribution in [3.63, 3.8) is 0 Å². The summed E-state index contributed by atoms with van der Waals surface area (Å²) in [5, 5.41) is 10.3. The van der Waals surface area contributed by atoms with Crippen LogP contribution in [0.5, 0.6) is 0 Å². The molecule has 2 aromatic rings. The first-order valence-corrected chi connectivity index (χ1v) is 6.05. The van der Waals surface area contributed by atoms with Crippen molar-refractivity contribution in [2.45, 2.75) is 25.0 Å². The van der Waals surface area contributed by atoms with E-state index in [-0.39, 0.29) is 6.61 Å². The summed E-state index contributed by atoms with van der Waals surface area (Å²) in [4.78, 5) is 4.49. The first-order valence-electron chi connectivity index (χ1n) is 5.06. The monoisotopic (exact) mass is 222 g/mol. The molecular weight excluding hydrogens is 208 g/mol. The van der Waals surface area contributed by atoms with Crippen molar-refractivity contribution in [1.29, 1.82) is 0 Å². The van der Waals surface area contributed by atoms with Gasteiger partial charge in [0.1, 0.15) is 10.7 Å². The molecule has 0 aromatic carbocycles. The number of fused-ring (bicyclic) bond motifs is 1. The predicted molar refractivity (Wildman–Crippen MR) is 62.1 cm³/mol. The second-order valence-electron chi connectivity index (χ2n) is 3.30. The van der Waals surface area contributed by atoms with Crippen LogP contribution in [0.4, 0.5) is 0 Å². The number of aliphatic hydroxyl groups is 1. The molecule has 0 radical (unpaired) electrons. The highest BCUT2D eigenvalue weighted by atomic mass is 32.2. The molecular formula is C11H14N2OS. The van der Waals surface area contributed by atoms with Crippen LogP contribution in [0.1, 0.15) is 19.0 Å². The SMILES string of the molecule is CCCSc1nc2ccccn2c1CO. The van der Waals surface area contributed by atoms with Crippen LogP contribution in [0.3, 0.4) is 0 Å². The Morgan fingerprint density at radius 3 is 3.07 bits per heavy atom. The minimum absolute atomic E-state index is 0.0389. The van der Waals surface area contributed by atoms with E-state index >= 15 is 0 Å². The molecule has 0 bridgehead atoms. The average molecular weight is 222 g/mol. The maximum atomic E-state index is 9.33. The van der Waals surface area contributed by atoms with Gasteiger partial charge >= 0.3 is 0 Å². The molecule has 0 aliphatic carbocycles. The lowest BCUT2D eigenvalue weighted by Gasteiger charge is -1.99. The van der Waals surface area contributed by atoms with Crippen LogP contribution in [0, 0.1) is 0 Å². The molecule has 2 heterocycles. The number of nitrogens with zero attached hydrogens (tertiary/aromatic N) is 2. The molecule has 0 saturated carbocycles. The van der Waals surface area contributed by atoms with Gasteiger partial charge in [-0.2, -0.15) is 0 Å². The number of rotatable bonds is 4. The molecule has 0 amide bonds. The van der Waals surface area contributed by atoms with Crippen molar-refractivity contribution < 1.29 is 5.11 Å². The van der Waals surface area contributed by atoms with Gasteiger partial charge in [0.2, 0.25) is 0 Å². The zero-order valence-corrected chi connectivity index (χ0v) is 9.50. The quantitative estimate of drug-likeness (QED) is 0.807. The van der Waals surface area contributed by atoms with Crippen molar-refractivity contribution in [3.8, 4) is 0 Å². The summed E-state index contributed by atoms with van der Waals surface area (Å²) in [5.41, 5.74) is 1.80. The summed E-state index contributed by atoms with van der Waals surface area (Å²) in [6.07, 6.45) is 3.05. The van der Waals surface area contributed by atoms with Gasteiger partial charge < -0.3 is 9.51 Å². The average Bonchev–Trinajstić information content (AvgIpc) is 2.63. The van der Waals surface area contributed by atoms with E-state index in [1.165, 1.54) is 0 Å². The number of pyridine rings is 1. The number of hydrogen-bond donors (Lipinski definition) is 1. The third-order valence-corrected chi connectivity index (χ3v) is 3.40. The first-order chi connectivity index (χ1) is 7.36. The maximum Gasteiger partial charge on any atom is 0.138 e. The normalized spacial score (nSPS) is 11.1. The Kier molecular flexibility index (Phi) is 3.28. The second kappa shape index (κ2) is 4.68. The van der Waals surface area contributed by atoms with E-state index in [0.29, 0.717) is 0 Å². The van der Waals surface area contributed by atoms with Crippen LogP contribution in [0.15, 0.2) is 29.4 Å². The Balaban J connectivity index is 2.44. The van der Waals surface area contributed by atoms with Crippen LogP contribution in [-0.2, 0) is 6.61 Å². The predicted octanol–water partition coefficient (Wildman–Crippen LogP) is 2.33. The van der Waals surface area contributed by atoms with E-state index in [0.717, 1.165) is 28.5 Å². The van der Waals surface area contributed by atoms with Crippen molar-refractivity contribution >= 4 is 17.4 Å². The van der Waals surface area contributed by atoms with Crippen molar-refractivity contribution in [3.05, 3.63) is 30.1 Å². The third kappa shape index (κ3) is 2.01. The lowest BCUT2D eigenvalue weighted by molar-refractivity contribution is 0.272. The molecule has 0 saturated heterocycles. The van der Waals surface area contributed by atoms with Crippen LogP contribution in [-0.4, -0.2) is 20.2 Å². The van der Waals surface area contributed by atoms with Crippen molar-refractivity contribution in [2.24, 2.45) is 0 Å². The molecule has 15 heavy (non-hydrogen) atoms. The number of thioether (sulfide) groups is 1. The molecule has 0 aliphatic rings. The largest absolute Gasteiger partial charge is 0.390 e. The summed E-state index contributed by atoms with van der Waals surface area (Å²) >= 11 is 1.71. The van der Waals surface area contributed by atoms with Crippen LogP contribution in [0.2, 0.25) is 0 Å². The molecule has 1 N–H and O–H groups in total. The molecule has 0 aliphatic heterocycles. The van der Waals surface area contributed by atoms with E-state index in [4.69, 9.17) is 0 Å². The summed E-state index contributed by atoms with van der Waals surface area (Å²) in [5.74, 6) is 1.04. The molecule has 3 nitrogen and oxygen atoms in total. The smallest absolute Gasteiger partial charge is 0.138 e. The fourth-order valence-electron chi connectivity index (χ4n) is 1.48. The van der Waals surface area contributed by atoms with Gasteiger partial charge in [0.25, 0.3) is 0 Å². The molecule has 0 fully saturated rings. The Hall–Kier alpha value is -1.00. The fraction of sp³-hybridized carbons (Fsp3) is 0.364. The highest BCUT2D eigenvalue weighted by molar-refractivity contribution is 7.99. The van der Waals surface area contributed by atoms with Gasteiger partial charge in [-0.3, -0.25) is 0 Å². The first kappa shape index (κ1) is 10.5. The Morgan fingerprint density at radius 1 is 1.47 bits per heavy atom. The van der Waals surface area contributed by atoms with Crippen molar-refractivity contribution in [1.82, 2.24) is 9.38 Å². The molecule has 0 unspecified atom stereocenters. The van der Waals surface area contributed by atoms with Gasteiger partial charge in [0.15, 0.2) is 0 Å². The van der Waals surface area contributed by atoms with Crippen LogP contribution < -0.4 is 0 Å². The van der Waals surface area contributed by atoms with Gasteiger partial charge in [-0.25, -0.2) is 4.98 Å². The van der Waals surface area contributed by atoms with Gasteiger partial charge in [-0.1, -0.05) is 13.0 Å². The lowest BCUT2D eigenvalue weighted by Crippen LogP contribution is -1.92. The lowest BCUT2D eigenvalue weighted by atomic mass is 10.4.